The van der Waals surface area contributed by atoms with Crippen molar-refractivity contribution >= 4 is 15.9 Å². The van der Waals surface area contributed by atoms with E-state index in [4.69, 9.17) is 9.47 Å². The molecule has 0 aliphatic rings. The molecule has 1 N–H and O–H groups in total. The zero-order valence-electron chi connectivity index (χ0n) is 9.92. The average Bonchev–Trinajstić information content (AvgIpc) is 2.28. The molecule has 0 radical (unpaired) electrons. The summed E-state index contributed by atoms with van der Waals surface area (Å²) in [7, 11) is 3.61. The minimum Gasteiger partial charge on any atom is -0.490 e. The fourth-order valence-corrected chi connectivity index (χ4v) is 1.79. The van der Waals surface area contributed by atoms with Gasteiger partial charge in [-0.05, 0) is 47.6 Å². The molecule has 0 amide bonds. The summed E-state index contributed by atoms with van der Waals surface area (Å²) in [6.45, 7) is 3.39. The van der Waals surface area contributed by atoms with E-state index < -0.39 is 0 Å². The summed E-state index contributed by atoms with van der Waals surface area (Å²) in [6, 6.07) is 6.08. The summed E-state index contributed by atoms with van der Waals surface area (Å²) in [5, 5.41) is 3.11. The molecule has 0 aliphatic heterocycles. The van der Waals surface area contributed by atoms with Crippen molar-refractivity contribution < 1.29 is 9.47 Å². The maximum atomic E-state index is 5.63. The lowest BCUT2D eigenvalue weighted by atomic mass is 10.2. The second-order valence-electron chi connectivity index (χ2n) is 3.65. The van der Waals surface area contributed by atoms with Gasteiger partial charge in [-0.25, -0.2) is 0 Å². The number of rotatable bonds is 6. The number of methoxy groups -OCH3 is 1. The SMILES string of the molecule is CNCc1ccc(OCC(C)OC)c(Br)c1. The first-order chi connectivity index (χ1) is 7.67. The van der Waals surface area contributed by atoms with Gasteiger partial charge in [0.15, 0.2) is 0 Å². The summed E-state index contributed by atoms with van der Waals surface area (Å²) in [5.74, 6) is 0.851. The van der Waals surface area contributed by atoms with Crippen molar-refractivity contribution in [1.82, 2.24) is 5.32 Å². The van der Waals surface area contributed by atoms with Crippen LogP contribution >= 0.6 is 15.9 Å². The standard InChI is InChI=1S/C12H18BrNO2/c1-9(15-3)8-16-12-5-4-10(7-14-2)6-11(12)13/h4-6,9,14H,7-8H2,1-3H3. The molecule has 0 saturated carbocycles. The van der Waals surface area contributed by atoms with Crippen LogP contribution in [0.4, 0.5) is 0 Å². The van der Waals surface area contributed by atoms with Gasteiger partial charge in [-0.2, -0.15) is 0 Å². The van der Waals surface area contributed by atoms with Crippen LogP contribution in [0.3, 0.4) is 0 Å². The Labute approximate surface area is 105 Å². The zero-order chi connectivity index (χ0) is 12.0. The smallest absolute Gasteiger partial charge is 0.133 e. The van der Waals surface area contributed by atoms with Gasteiger partial charge in [0.1, 0.15) is 12.4 Å². The van der Waals surface area contributed by atoms with Crippen LogP contribution in [-0.4, -0.2) is 26.9 Å². The van der Waals surface area contributed by atoms with E-state index in [-0.39, 0.29) is 6.10 Å². The Morgan fingerprint density at radius 1 is 1.44 bits per heavy atom. The summed E-state index contributed by atoms with van der Waals surface area (Å²) in [5.41, 5.74) is 1.22. The van der Waals surface area contributed by atoms with Gasteiger partial charge >= 0.3 is 0 Å². The van der Waals surface area contributed by atoms with Gasteiger partial charge in [-0.1, -0.05) is 6.07 Å². The second kappa shape index (κ2) is 6.89. The Hall–Kier alpha value is -0.580. The largest absolute Gasteiger partial charge is 0.490 e. The van der Waals surface area contributed by atoms with Crippen LogP contribution in [0.25, 0.3) is 0 Å². The first kappa shape index (κ1) is 13.5. The lowest BCUT2D eigenvalue weighted by Gasteiger charge is -2.13. The van der Waals surface area contributed by atoms with E-state index in [0.29, 0.717) is 6.61 Å². The second-order valence-corrected chi connectivity index (χ2v) is 4.51. The summed E-state index contributed by atoms with van der Waals surface area (Å²) in [4.78, 5) is 0. The molecule has 0 heterocycles. The fourth-order valence-electron chi connectivity index (χ4n) is 1.25. The Kier molecular flexibility index (Phi) is 5.80. The molecule has 16 heavy (non-hydrogen) atoms. The zero-order valence-corrected chi connectivity index (χ0v) is 11.5. The monoisotopic (exact) mass is 287 g/mol. The van der Waals surface area contributed by atoms with E-state index >= 15 is 0 Å². The first-order valence-corrected chi connectivity index (χ1v) is 6.05. The van der Waals surface area contributed by atoms with Crippen LogP contribution in [0.15, 0.2) is 22.7 Å². The number of hydrogen-bond acceptors (Lipinski definition) is 3. The maximum Gasteiger partial charge on any atom is 0.133 e. The fraction of sp³-hybridized carbons (Fsp3) is 0.500. The van der Waals surface area contributed by atoms with Crippen molar-refractivity contribution in [3.63, 3.8) is 0 Å². The first-order valence-electron chi connectivity index (χ1n) is 5.26. The molecule has 4 heteroatoms. The van der Waals surface area contributed by atoms with Gasteiger partial charge in [-0.15, -0.1) is 0 Å². The third kappa shape index (κ3) is 4.12. The summed E-state index contributed by atoms with van der Waals surface area (Å²) < 4.78 is 11.7. The normalized spacial score (nSPS) is 12.5. The van der Waals surface area contributed by atoms with Crippen LogP contribution in [0.5, 0.6) is 5.75 Å². The number of nitrogens with one attached hydrogen (secondary N) is 1. The van der Waals surface area contributed by atoms with Gasteiger partial charge in [-0.3, -0.25) is 0 Å². The van der Waals surface area contributed by atoms with Crippen LogP contribution < -0.4 is 10.1 Å². The predicted molar refractivity (Wildman–Crippen MR) is 68.9 cm³/mol. The topological polar surface area (TPSA) is 30.5 Å². The molecule has 0 bridgehead atoms. The average molecular weight is 288 g/mol. The Balaban J connectivity index is 2.60. The van der Waals surface area contributed by atoms with Crippen molar-refractivity contribution in [2.24, 2.45) is 0 Å². The Morgan fingerprint density at radius 2 is 2.19 bits per heavy atom. The molecule has 1 aromatic carbocycles. The lowest BCUT2D eigenvalue weighted by Crippen LogP contribution is -2.16. The van der Waals surface area contributed by atoms with E-state index in [1.54, 1.807) is 7.11 Å². The van der Waals surface area contributed by atoms with Crippen LogP contribution in [0.1, 0.15) is 12.5 Å². The van der Waals surface area contributed by atoms with Crippen LogP contribution in [0, 0.1) is 0 Å². The van der Waals surface area contributed by atoms with Gasteiger partial charge in [0.05, 0.1) is 10.6 Å². The molecule has 1 rings (SSSR count). The molecule has 0 saturated heterocycles. The highest BCUT2D eigenvalue weighted by atomic mass is 79.9. The van der Waals surface area contributed by atoms with Crippen molar-refractivity contribution in [3.8, 4) is 5.75 Å². The summed E-state index contributed by atoms with van der Waals surface area (Å²) in [6.07, 6.45) is 0.101. The lowest BCUT2D eigenvalue weighted by molar-refractivity contribution is 0.0714. The molecule has 0 fully saturated rings. The third-order valence-corrected chi connectivity index (χ3v) is 2.87. The molecule has 0 spiro atoms. The molecule has 0 aliphatic carbocycles. The highest BCUT2D eigenvalue weighted by Crippen LogP contribution is 2.26. The molecule has 3 nitrogen and oxygen atoms in total. The predicted octanol–water partition coefficient (Wildman–Crippen LogP) is 2.58. The number of halogens is 1. The summed E-state index contributed by atoms with van der Waals surface area (Å²) >= 11 is 3.50. The van der Waals surface area contributed by atoms with E-state index in [0.717, 1.165) is 16.8 Å². The van der Waals surface area contributed by atoms with Crippen molar-refractivity contribution in [3.05, 3.63) is 28.2 Å². The van der Waals surface area contributed by atoms with E-state index in [1.165, 1.54) is 5.56 Å². The van der Waals surface area contributed by atoms with Gasteiger partial charge in [0.25, 0.3) is 0 Å². The van der Waals surface area contributed by atoms with Crippen LogP contribution in [-0.2, 0) is 11.3 Å². The maximum absolute atomic E-state index is 5.63. The molecular formula is C12H18BrNO2. The molecule has 90 valence electrons. The van der Waals surface area contributed by atoms with Crippen molar-refractivity contribution in [1.29, 1.82) is 0 Å². The highest BCUT2D eigenvalue weighted by molar-refractivity contribution is 9.10. The minimum absolute atomic E-state index is 0.101. The molecule has 1 atom stereocenters. The number of hydrogen-bond donors (Lipinski definition) is 1. The molecule has 0 aromatic heterocycles. The molecule has 1 unspecified atom stereocenters. The van der Waals surface area contributed by atoms with Gasteiger partial charge in [0, 0.05) is 13.7 Å². The van der Waals surface area contributed by atoms with Crippen molar-refractivity contribution in [2.75, 3.05) is 20.8 Å². The van der Waals surface area contributed by atoms with Crippen molar-refractivity contribution in [2.45, 2.75) is 19.6 Å². The van der Waals surface area contributed by atoms with Crippen LogP contribution in [0.2, 0.25) is 0 Å². The number of benzene rings is 1. The third-order valence-electron chi connectivity index (χ3n) is 2.25. The minimum atomic E-state index is 0.101. The van der Waals surface area contributed by atoms with E-state index in [1.807, 2.05) is 26.1 Å². The van der Waals surface area contributed by atoms with Gasteiger partial charge < -0.3 is 14.8 Å². The highest BCUT2D eigenvalue weighted by Gasteiger charge is 2.05. The Bertz CT molecular complexity index is 331. The van der Waals surface area contributed by atoms with E-state index in [2.05, 4.69) is 27.3 Å². The Morgan fingerprint density at radius 3 is 2.75 bits per heavy atom. The molecular weight excluding hydrogens is 270 g/mol. The molecule has 1 aromatic rings. The van der Waals surface area contributed by atoms with Gasteiger partial charge in [0.2, 0.25) is 0 Å². The van der Waals surface area contributed by atoms with E-state index in [9.17, 15) is 0 Å². The quantitative estimate of drug-likeness (QED) is 0.872. The number of ether oxygens (including phenoxy) is 2.